The lowest BCUT2D eigenvalue weighted by atomic mass is 10.0. The van der Waals surface area contributed by atoms with Gasteiger partial charge in [-0.05, 0) is 59.5 Å². The van der Waals surface area contributed by atoms with Gasteiger partial charge in [0.2, 0.25) is 0 Å². The third-order valence-corrected chi connectivity index (χ3v) is 8.25. The fourth-order valence-electron chi connectivity index (χ4n) is 2.24. The zero-order chi connectivity index (χ0) is 15.1. The Labute approximate surface area is 141 Å². The minimum absolute atomic E-state index is 0.298. The average Bonchev–Trinajstić information content (AvgIpc) is 2.37. The molecule has 0 aromatic carbocycles. The Bertz CT molecular complexity index is 251. The van der Waals surface area contributed by atoms with Crippen molar-refractivity contribution < 1.29 is 0 Å². The SMILES string of the molecule is CC1(C)CNCC(CCCCBr)CNCC(C)(C)SS1. The second-order valence-corrected chi connectivity index (χ2v) is 11.3. The quantitative estimate of drug-likeness (QED) is 0.429. The molecule has 20 heavy (non-hydrogen) atoms. The van der Waals surface area contributed by atoms with Crippen molar-refractivity contribution in [2.75, 3.05) is 31.5 Å². The molecule has 0 radical (unpaired) electrons. The molecule has 2 nitrogen and oxygen atoms in total. The molecule has 1 rings (SSSR count). The highest BCUT2D eigenvalue weighted by molar-refractivity contribution is 9.09. The largest absolute Gasteiger partial charge is 0.315 e. The van der Waals surface area contributed by atoms with Crippen molar-refractivity contribution in [3.05, 3.63) is 0 Å². The van der Waals surface area contributed by atoms with Gasteiger partial charge in [-0.3, -0.25) is 0 Å². The summed E-state index contributed by atoms with van der Waals surface area (Å²) in [6, 6.07) is 0. The fraction of sp³-hybridized carbons (Fsp3) is 1.00. The summed E-state index contributed by atoms with van der Waals surface area (Å²) in [7, 11) is 4.05. The van der Waals surface area contributed by atoms with E-state index in [1.165, 1.54) is 19.3 Å². The highest BCUT2D eigenvalue weighted by Gasteiger charge is 2.27. The summed E-state index contributed by atoms with van der Waals surface area (Å²) in [5, 5.41) is 8.52. The normalized spacial score (nSPS) is 25.1. The number of nitrogens with one attached hydrogen (secondary N) is 2. The molecule has 0 aromatic rings. The number of hydrogen-bond acceptors (Lipinski definition) is 4. The first-order valence-electron chi connectivity index (χ1n) is 7.69. The van der Waals surface area contributed by atoms with E-state index in [2.05, 4.69) is 54.3 Å². The monoisotopic (exact) mass is 382 g/mol. The van der Waals surface area contributed by atoms with Crippen LogP contribution < -0.4 is 10.6 Å². The number of rotatable bonds is 4. The molecular weight excluding hydrogens is 352 g/mol. The van der Waals surface area contributed by atoms with Gasteiger partial charge in [-0.1, -0.05) is 43.9 Å². The molecule has 0 spiro atoms. The highest BCUT2D eigenvalue weighted by atomic mass is 79.9. The van der Waals surface area contributed by atoms with Gasteiger partial charge in [0.05, 0.1) is 0 Å². The van der Waals surface area contributed by atoms with Crippen molar-refractivity contribution in [1.29, 1.82) is 0 Å². The fourth-order valence-corrected chi connectivity index (χ4v) is 5.12. The zero-order valence-electron chi connectivity index (χ0n) is 13.4. The van der Waals surface area contributed by atoms with Crippen LogP contribution in [0.25, 0.3) is 0 Å². The summed E-state index contributed by atoms with van der Waals surface area (Å²) in [6.07, 6.45) is 3.95. The lowest BCUT2D eigenvalue weighted by molar-refractivity contribution is 0.395. The van der Waals surface area contributed by atoms with E-state index in [1.54, 1.807) is 0 Å². The Morgan fingerprint density at radius 1 is 0.950 bits per heavy atom. The molecule has 1 fully saturated rings. The summed E-state index contributed by atoms with van der Waals surface area (Å²) in [5.74, 6) is 0.758. The average molecular weight is 383 g/mol. The van der Waals surface area contributed by atoms with E-state index < -0.39 is 0 Å². The standard InChI is InChI=1S/C15H31BrN2S2/c1-14(2)11-17-9-13(7-5-6-8-16)10-18-12-15(3,4)20-19-14/h13,17-18H,5-12H2,1-4H3. The molecule has 0 saturated carbocycles. The molecule has 0 bridgehead atoms. The summed E-state index contributed by atoms with van der Waals surface area (Å²) in [5.41, 5.74) is 0. The third kappa shape index (κ3) is 8.52. The van der Waals surface area contributed by atoms with Crippen LogP contribution in [0, 0.1) is 5.92 Å². The smallest absolute Gasteiger partial charge is 0.0331 e. The van der Waals surface area contributed by atoms with E-state index in [-0.39, 0.29) is 0 Å². The number of hydrogen-bond donors (Lipinski definition) is 2. The van der Waals surface area contributed by atoms with Gasteiger partial charge in [-0.2, -0.15) is 0 Å². The Kier molecular flexibility index (Phi) is 8.89. The van der Waals surface area contributed by atoms with Crippen molar-refractivity contribution in [3.63, 3.8) is 0 Å². The van der Waals surface area contributed by atoms with Crippen LogP contribution in [0.15, 0.2) is 0 Å². The first-order valence-corrected chi connectivity index (χ1v) is 11.0. The number of unbranched alkanes of at least 4 members (excludes halogenated alkanes) is 1. The first-order chi connectivity index (χ1) is 9.35. The molecule has 1 heterocycles. The van der Waals surface area contributed by atoms with Gasteiger partial charge in [0, 0.05) is 27.9 Å². The van der Waals surface area contributed by atoms with E-state index in [0.717, 1.165) is 37.4 Å². The molecule has 120 valence electrons. The lowest BCUT2D eigenvalue weighted by Gasteiger charge is -2.29. The molecule has 0 atom stereocenters. The molecule has 1 saturated heterocycles. The van der Waals surface area contributed by atoms with Gasteiger partial charge in [-0.15, -0.1) is 0 Å². The molecular formula is C15H31BrN2S2. The molecule has 0 aromatic heterocycles. The Morgan fingerprint density at radius 3 is 1.90 bits per heavy atom. The Hall–Kier alpha value is 1.10. The topological polar surface area (TPSA) is 24.1 Å². The van der Waals surface area contributed by atoms with Gasteiger partial charge >= 0.3 is 0 Å². The number of alkyl halides is 1. The Morgan fingerprint density at radius 2 is 1.45 bits per heavy atom. The molecule has 0 amide bonds. The van der Waals surface area contributed by atoms with Crippen LogP contribution in [0.4, 0.5) is 0 Å². The second-order valence-electron chi connectivity index (χ2n) is 7.00. The van der Waals surface area contributed by atoms with Crippen LogP contribution in [0.3, 0.4) is 0 Å². The van der Waals surface area contributed by atoms with Gasteiger partial charge < -0.3 is 10.6 Å². The van der Waals surface area contributed by atoms with E-state index in [1.807, 2.05) is 21.6 Å². The summed E-state index contributed by atoms with van der Waals surface area (Å²) >= 11 is 3.53. The van der Waals surface area contributed by atoms with E-state index in [9.17, 15) is 0 Å². The molecule has 2 N–H and O–H groups in total. The van der Waals surface area contributed by atoms with Crippen molar-refractivity contribution in [3.8, 4) is 0 Å². The van der Waals surface area contributed by atoms with Gasteiger partial charge in [0.25, 0.3) is 0 Å². The molecule has 1 aliphatic heterocycles. The van der Waals surface area contributed by atoms with Crippen LogP contribution >= 0.6 is 37.5 Å². The van der Waals surface area contributed by atoms with Crippen molar-refractivity contribution >= 4 is 37.5 Å². The van der Waals surface area contributed by atoms with Gasteiger partial charge in [-0.25, -0.2) is 0 Å². The van der Waals surface area contributed by atoms with Crippen LogP contribution in [0.1, 0.15) is 47.0 Å². The van der Waals surface area contributed by atoms with Crippen LogP contribution in [0.5, 0.6) is 0 Å². The molecule has 0 aliphatic carbocycles. The number of halogens is 1. The summed E-state index contributed by atoms with van der Waals surface area (Å²) in [6.45, 7) is 13.9. The molecule has 0 unspecified atom stereocenters. The predicted molar refractivity (Wildman–Crippen MR) is 100 cm³/mol. The molecule has 5 heteroatoms. The van der Waals surface area contributed by atoms with Crippen molar-refractivity contribution in [1.82, 2.24) is 10.6 Å². The predicted octanol–water partition coefficient (Wildman–Crippen LogP) is 4.30. The third-order valence-electron chi connectivity index (χ3n) is 3.46. The van der Waals surface area contributed by atoms with Crippen LogP contribution in [-0.4, -0.2) is 41.0 Å². The van der Waals surface area contributed by atoms with Gasteiger partial charge in [0.1, 0.15) is 0 Å². The van der Waals surface area contributed by atoms with E-state index in [0.29, 0.717) is 9.49 Å². The van der Waals surface area contributed by atoms with E-state index >= 15 is 0 Å². The Balaban J connectivity index is 2.52. The van der Waals surface area contributed by atoms with Crippen molar-refractivity contribution in [2.24, 2.45) is 5.92 Å². The lowest BCUT2D eigenvalue weighted by Crippen LogP contribution is -2.38. The minimum atomic E-state index is 0.298. The van der Waals surface area contributed by atoms with Crippen LogP contribution in [0.2, 0.25) is 0 Å². The second kappa shape index (κ2) is 9.29. The van der Waals surface area contributed by atoms with Gasteiger partial charge in [0.15, 0.2) is 0 Å². The first kappa shape index (κ1) is 19.1. The minimum Gasteiger partial charge on any atom is -0.315 e. The highest BCUT2D eigenvalue weighted by Crippen LogP contribution is 2.43. The van der Waals surface area contributed by atoms with Crippen molar-refractivity contribution in [2.45, 2.75) is 56.5 Å². The summed E-state index contributed by atoms with van der Waals surface area (Å²) in [4.78, 5) is 0. The zero-order valence-corrected chi connectivity index (χ0v) is 16.6. The summed E-state index contributed by atoms with van der Waals surface area (Å²) < 4.78 is 0.597. The maximum absolute atomic E-state index is 3.69. The molecule has 1 aliphatic rings. The maximum Gasteiger partial charge on any atom is 0.0331 e. The van der Waals surface area contributed by atoms with Crippen LogP contribution in [-0.2, 0) is 0 Å². The maximum atomic E-state index is 3.69. The van der Waals surface area contributed by atoms with E-state index in [4.69, 9.17) is 0 Å².